The molecule has 2 aromatic rings. The molecule has 2 nitrogen and oxygen atoms in total. The summed E-state index contributed by atoms with van der Waals surface area (Å²) >= 11 is 0. The predicted molar refractivity (Wildman–Crippen MR) is 82.0 cm³/mol. The third-order valence-corrected chi connectivity index (χ3v) is 3.56. The maximum Gasteiger partial charge on any atom is 0.407 e. The minimum atomic E-state index is -4.47. The number of halogens is 3. The number of rotatable bonds is 6. The van der Waals surface area contributed by atoms with Gasteiger partial charge in [0.15, 0.2) is 0 Å². The zero-order chi connectivity index (χ0) is 16.2. The summed E-state index contributed by atoms with van der Waals surface area (Å²) in [6.07, 6.45) is -1.51. The highest BCUT2D eigenvalue weighted by Gasteiger charge is 2.38. The minimum absolute atomic E-state index is 0.0247. The van der Waals surface area contributed by atoms with Gasteiger partial charge < -0.3 is 10.5 Å². The quantitative estimate of drug-likeness (QED) is 0.764. The maximum atomic E-state index is 12.9. The molecule has 22 heavy (non-hydrogen) atoms. The molecule has 2 rings (SSSR count). The van der Waals surface area contributed by atoms with Crippen molar-refractivity contribution in [2.24, 2.45) is 5.73 Å². The molecule has 0 saturated heterocycles. The molecule has 0 fully saturated rings. The fraction of sp³-hybridized carbons (Fsp3) is 0.412. The molecule has 0 saturated carbocycles. The van der Waals surface area contributed by atoms with E-state index in [-0.39, 0.29) is 5.56 Å². The first-order valence-corrected chi connectivity index (χ1v) is 7.41. The molecule has 0 radical (unpaired) electrons. The first kappa shape index (κ1) is 16.6. The Kier molecular flexibility index (Phi) is 5.29. The zero-order valence-electron chi connectivity index (χ0n) is 12.5. The van der Waals surface area contributed by atoms with E-state index >= 15 is 0 Å². The topological polar surface area (TPSA) is 35.2 Å². The van der Waals surface area contributed by atoms with Gasteiger partial charge in [0.25, 0.3) is 0 Å². The van der Waals surface area contributed by atoms with Gasteiger partial charge in [-0.2, -0.15) is 13.2 Å². The van der Waals surface area contributed by atoms with Crippen molar-refractivity contribution < 1.29 is 17.9 Å². The molecule has 0 aliphatic heterocycles. The SMILES string of the molecule is CCCCCOc1cc([C@H](N)C(F)(F)F)cc2ccccc12. The van der Waals surface area contributed by atoms with Crippen molar-refractivity contribution in [1.29, 1.82) is 0 Å². The van der Waals surface area contributed by atoms with Gasteiger partial charge in [-0.3, -0.25) is 0 Å². The standard InChI is InChI=1S/C17H20F3NO/c1-2-3-6-9-22-15-11-13(16(21)17(18,19)20)10-12-7-4-5-8-14(12)15/h4-5,7-8,10-11,16H,2-3,6,9,21H2,1H3/t16-/m0/s1. The average Bonchev–Trinajstić information content (AvgIpc) is 2.49. The van der Waals surface area contributed by atoms with Crippen molar-refractivity contribution >= 4 is 10.8 Å². The molecular weight excluding hydrogens is 291 g/mol. The van der Waals surface area contributed by atoms with Crippen LogP contribution in [-0.2, 0) is 0 Å². The Labute approximate surface area is 128 Å². The van der Waals surface area contributed by atoms with Gasteiger partial charge in [-0.15, -0.1) is 0 Å². The molecule has 0 bridgehead atoms. The lowest BCUT2D eigenvalue weighted by atomic mass is 10.0. The number of hydrogen-bond donors (Lipinski definition) is 1. The molecule has 0 spiro atoms. The van der Waals surface area contributed by atoms with Gasteiger partial charge >= 0.3 is 6.18 Å². The molecule has 0 unspecified atom stereocenters. The first-order chi connectivity index (χ1) is 10.4. The van der Waals surface area contributed by atoms with Crippen LogP contribution in [0, 0.1) is 0 Å². The molecule has 2 aromatic carbocycles. The van der Waals surface area contributed by atoms with E-state index in [9.17, 15) is 13.2 Å². The van der Waals surface area contributed by atoms with Crippen LogP contribution >= 0.6 is 0 Å². The fourth-order valence-electron chi connectivity index (χ4n) is 2.32. The normalized spacial score (nSPS) is 13.3. The number of unbranched alkanes of at least 4 members (excludes halogenated alkanes) is 2. The summed E-state index contributed by atoms with van der Waals surface area (Å²) in [4.78, 5) is 0. The third kappa shape index (κ3) is 3.91. The van der Waals surface area contributed by atoms with Gasteiger partial charge in [0.05, 0.1) is 6.61 Å². The summed E-state index contributed by atoms with van der Waals surface area (Å²) in [5, 5.41) is 1.50. The largest absolute Gasteiger partial charge is 0.493 e. The Morgan fingerprint density at radius 1 is 1.14 bits per heavy atom. The van der Waals surface area contributed by atoms with Crippen LogP contribution in [0.5, 0.6) is 5.75 Å². The number of nitrogens with two attached hydrogens (primary N) is 1. The minimum Gasteiger partial charge on any atom is -0.493 e. The second-order valence-corrected chi connectivity index (χ2v) is 5.32. The van der Waals surface area contributed by atoms with Crippen LogP contribution < -0.4 is 10.5 Å². The predicted octanol–water partition coefficient (Wildman–Crippen LogP) is 4.97. The fourth-order valence-corrected chi connectivity index (χ4v) is 2.32. The summed E-state index contributed by atoms with van der Waals surface area (Å²) < 4.78 is 44.3. The Balaban J connectivity index is 2.35. The van der Waals surface area contributed by atoms with Crippen molar-refractivity contribution in [3.8, 4) is 5.75 Å². The van der Waals surface area contributed by atoms with Gasteiger partial charge in [-0.25, -0.2) is 0 Å². The second-order valence-electron chi connectivity index (χ2n) is 5.32. The second kappa shape index (κ2) is 7.01. The molecule has 0 aliphatic carbocycles. The lowest BCUT2D eigenvalue weighted by molar-refractivity contribution is -0.149. The van der Waals surface area contributed by atoms with Crippen LogP contribution in [0.2, 0.25) is 0 Å². The van der Waals surface area contributed by atoms with Crippen LogP contribution in [0.4, 0.5) is 13.2 Å². The lowest BCUT2D eigenvalue weighted by Gasteiger charge is -2.18. The number of benzene rings is 2. The van der Waals surface area contributed by atoms with E-state index in [1.54, 1.807) is 12.1 Å². The Hall–Kier alpha value is -1.75. The van der Waals surface area contributed by atoms with E-state index in [0.717, 1.165) is 24.6 Å². The number of alkyl halides is 3. The van der Waals surface area contributed by atoms with E-state index in [4.69, 9.17) is 10.5 Å². The first-order valence-electron chi connectivity index (χ1n) is 7.41. The van der Waals surface area contributed by atoms with E-state index < -0.39 is 12.2 Å². The van der Waals surface area contributed by atoms with Crippen LogP contribution in [0.15, 0.2) is 36.4 Å². The summed E-state index contributed by atoms with van der Waals surface area (Å²) in [6.45, 7) is 2.57. The number of fused-ring (bicyclic) bond motifs is 1. The van der Waals surface area contributed by atoms with Gasteiger partial charge in [-0.05, 0) is 29.5 Å². The zero-order valence-corrected chi connectivity index (χ0v) is 12.5. The highest BCUT2D eigenvalue weighted by Crippen LogP contribution is 2.35. The summed E-state index contributed by atoms with van der Waals surface area (Å²) in [5.41, 5.74) is 5.35. The summed E-state index contributed by atoms with van der Waals surface area (Å²) in [5.74, 6) is 0.462. The number of ether oxygens (including phenoxy) is 1. The van der Waals surface area contributed by atoms with Crippen molar-refractivity contribution in [2.75, 3.05) is 6.61 Å². The van der Waals surface area contributed by atoms with Crippen molar-refractivity contribution in [1.82, 2.24) is 0 Å². The van der Waals surface area contributed by atoms with E-state index in [0.29, 0.717) is 17.7 Å². The molecule has 0 aliphatic rings. The Morgan fingerprint density at radius 3 is 2.55 bits per heavy atom. The Bertz CT molecular complexity index is 625. The summed E-state index contributed by atoms with van der Waals surface area (Å²) in [7, 11) is 0. The van der Waals surface area contributed by atoms with Crippen LogP contribution in [0.3, 0.4) is 0 Å². The average molecular weight is 311 g/mol. The van der Waals surface area contributed by atoms with Gasteiger partial charge in [0.2, 0.25) is 0 Å². The highest BCUT2D eigenvalue weighted by molar-refractivity contribution is 5.89. The molecule has 0 amide bonds. The van der Waals surface area contributed by atoms with E-state index in [1.165, 1.54) is 12.1 Å². The van der Waals surface area contributed by atoms with Crippen molar-refractivity contribution in [3.63, 3.8) is 0 Å². The van der Waals surface area contributed by atoms with Crippen molar-refractivity contribution in [2.45, 2.75) is 38.4 Å². The third-order valence-electron chi connectivity index (χ3n) is 3.56. The van der Waals surface area contributed by atoms with Gasteiger partial charge in [-0.1, -0.05) is 44.0 Å². The smallest absolute Gasteiger partial charge is 0.407 e. The van der Waals surface area contributed by atoms with Gasteiger partial charge in [0.1, 0.15) is 11.8 Å². The summed E-state index contributed by atoms with van der Waals surface area (Å²) in [6, 6.07) is 8.11. The van der Waals surface area contributed by atoms with E-state index in [2.05, 4.69) is 6.92 Å². The van der Waals surface area contributed by atoms with Crippen LogP contribution in [0.1, 0.15) is 37.8 Å². The molecule has 2 N–H and O–H groups in total. The molecular formula is C17H20F3NO. The highest BCUT2D eigenvalue weighted by atomic mass is 19.4. The molecule has 0 aromatic heterocycles. The molecule has 5 heteroatoms. The molecule has 1 atom stereocenters. The molecule has 120 valence electrons. The van der Waals surface area contributed by atoms with E-state index in [1.807, 2.05) is 12.1 Å². The molecule has 0 heterocycles. The van der Waals surface area contributed by atoms with Crippen LogP contribution in [0.25, 0.3) is 10.8 Å². The van der Waals surface area contributed by atoms with Crippen molar-refractivity contribution in [3.05, 3.63) is 42.0 Å². The maximum absolute atomic E-state index is 12.9. The van der Waals surface area contributed by atoms with Gasteiger partial charge in [0, 0.05) is 5.39 Å². The number of hydrogen-bond acceptors (Lipinski definition) is 2. The Morgan fingerprint density at radius 2 is 1.86 bits per heavy atom. The lowest BCUT2D eigenvalue weighted by Crippen LogP contribution is -2.28. The van der Waals surface area contributed by atoms with Crippen LogP contribution in [-0.4, -0.2) is 12.8 Å². The monoisotopic (exact) mass is 311 g/mol.